The number of aryl methyl sites for hydroxylation is 1. The van der Waals surface area contributed by atoms with Crippen molar-refractivity contribution in [1.29, 1.82) is 0 Å². The van der Waals surface area contributed by atoms with Gasteiger partial charge in [-0.2, -0.15) is 13.2 Å². The minimum atomic E-state index is -5.08. The number of thiazole rings is 2. The number of carboxylic acid groups (broad SMARTS) is 1. The molecule has 2 aromatic heterocycles. The van der Waals surface area contributed by atoms with E-state index in [4.69, 9.17) is 21.5 Å². The number of aromatic nitrogens is 2. The monoisotopic (exact) mass is 484 g/mol. The van der Waals surface area contributed by atoms with Gasteiger partial charge in [0.15, 0.2) is 0 Å². The zero-order valence-corrected chi connectivity index (χ0v) is 18.3. The number of halogens is 4. The third-order valence-corrected chi connectivity index (χ3v) is 6.49. The van der Waals surface area contributed by atoms with Gasteiger partial charge in [0.2, 0.25) is 0 Å². The van der Waals surface area contributed by atoms with Crippen molar-refractivity contribution in [2.75, 3.05) is 13.1 Å². The molecule has 1 amide bonds. The second-order valence-corrected chi connectivity index (χ2v) is 8.88. The van der Waals surface area contributed by atoms with Gasteiger partial charge >= 0.3 is 12.1 Å². The van der Waals surface area contributed by atoms with E-state index >= 15 is 0 Å². The van der Waals surface area contributed by atoms with Gasteiger partial charge in [0.05, 0.1) is 17.2 Å². The van der Waals surface area contributed by atoms with Crippen molar-refractivity contribution < 1.29 is 27.9 Å². The number of carbonyl (C=O) groups is 2. The van der Waals surface area contributed by atoms with Crippen molar-refractivity contribution in [2.24, 2.45) is 5.92 Å². The molecule has 0 saturated carbocycles. The molecule has 13 heteroatoms. The van der Waals surface area contributed by atoms with E-state index in [1.54, 1.807) is 5.38 Å². The van der Waals surface area contributed by atoms with Gasteiger partial charge in [0.1, 0.15) is 15.0 Å². The standard InChI is InChI=1S/C15H19ClN4OS2.C2HF3O2/c1-9-14(15(21)18-7-13-20-11(16)8-22-13)23-12(19-9)6-10-2-4-17-5-3-10;3-2(4,5)1(6)7/h8,10,17H,2-7H2,1H3,(H,18,21);(H,6,7). The van der Waals surface area contributed by atoms with E-state index in [-0.39, 0.29) is 5.91 Å². The topological polar surface area (TPSA) is 104 Å². The van der Waals surface area contributed by atoms with E-state index in [1.807, 2.05) is 6.92 Å². The zero-order valence-electron chi connectivity index (χ0n) is 15.9. The molecule has 1 fully saturated rings. The molecule has 1 aliphatic rings. The Balaban J connectivity index is 0.000000396. The molecule has 1 saturated heterocycles. The van der Waals surface area contributed by atoms with Crippen molar-refractivity contribution >= 4 is 46.2 Å². The van der Waals surface area contributed by atoms with Crippen LogP contribution >= 0.6 is 34.3 Å². The highest BCUT2D eigenvalue weighted by Crippen LogP contribution is 2.24. The molecule has 3 rings (SSSR count). The second kappa shape index (κ2) is 11.0. The van der Waals surface area contributed by atoms with E-state index in [9.17, 15) is 18.0 Å². The van der Waals surface area contributed by atoms with Gasteiger partial charge in [0, 0.05) is 11.8 Å². The summed E-state index contributed by atoms with van der Waals surface area (Å²) in [5.41, 5.74) is 0.814. The molecule has 0 spiro atoms. The first kappa shape index (κ1) is 24.5. The third kappa shape index (κ3) is 7.82. The first-order chi connectivity index (χ1) is 14.1. The SMILES string of the molecule is Cc1nc(CC2CCNCC2)sc1C(=O)NCc1nc(Cl)cs1.O=C(O)C(F)(F)F. The summed E-state index contributed by atoms with van der Waals surface area (Å²) < 4.78 is 31.7. The van der Waals surface area contributed by atoms with Crippen molar-refractivity contribution in [1.82, 2.24) is 20.6 Å². The zero-order chi connectivity index (χ0) is 22.3. The summed E-state index contributed by atoms with van der Waals surface area (Å²) in [4.78, 5) is 30.7. The quantitative estimate of drug-likeness (QED) is 0.598. The Labute approximate surface area is 183 Å². The average Bonchev–Trinajstić information content (AvgIpc) is 3.25. The Morgan fingerprint density at radius 2 is 1.93 bits per heavy atom. The number of nitrogens with zero attached hydrogens (tertiary/aromatic N) is 2. The number of carboxylic acids is 1. The summed E-state index contributed by atoms with van der Waals surface area (Å²) in [6.07, 6.45) is -1.74. The van der Waals surface area contributed by atoms with Crippen molar-refractivity contribution in [3.63, 3.8) is 0 Å². The van der Waals surface area contributed by atoms with Crippen LogP contribution in [0.4, 0.5) is 13.2 Å². The Bertz CT molecular complexity index is 867. The molecule has 0 aliphatic carbocycles. The summed E-state index contributed by atoms with van der Waals surface area (Å²) in [6.45, 7) is 4.46. The Kier molecular flexibility index (Phi) is 9.01. The molecular formula is C17H20ClF3N4O3S2. The summed E-state index contributed by atoms with van der Waals surface area (Å²) in [7, 11) is 0. The highest BCUT2D eigenvalue weighted by molar-refractivity contribution is 7.13. The fourth-order valence-corrected chi connectivity index (χ4v) is 4.66. The predicted molar refractivity (Wildman–Crippen MR) is 108 cm³/mol. The maximum Gasteiger partial charge on any atom is 0.490 e. The lowest BCUT2D eigenvalue weighted by molar-refractivity contribution is -0.192. The number of hydrogen-bond donors (Lipinski definition) is 3. The summed E-state index contributed by atoms with van der Waals surface area (Å²) in [5.74, 6) is -2.16. The predicted octanol–water partition coefficient (Wildman–Crippen LogP) is 3.67. The fourth-order valence-electron chi connectivity index (χ4n) is 2.69. The number of hydrogen-bond acceptors (Lipinski definition) is 7. The van der Waals surface area contributed by atoms with Crippen LogP contribution in [-0.2, 0) is 17.8 Å². The lowest BCUT2D eigenvalue weighted by atomic mass is 9.95. The molecule has 166 valence electrons. The minimum Gasteiger partial charge on any atom is -0.475 e. The van der Waals surface area contributed by atoms with E-state index in [0.717, 1.165) is 35.2 Å². The molecule has 0 bridgehead atoms. The van der Waals surface area contributed by atoms with Gasteiger partial charge in [-0.3, -0.25) is 4.79 Å². The van der Waals surface area contributed by atoms with Crippen LogP contribution < -0.4 is 10.6 Å². The van der Waals surface area contributed by atoms with Crippen LogP contribution in [0.5, 0.6) is 0 Å². The van der Waals surface area contributed by atoms with Gasteiger partial charge in [-0.25, -0.2) is 14.8 Å². The number of piperidine rings is 1. The molecule has 0 aromatic carbocycles. The van der Waals surface area contributed by atoms with Crippen LogP contribution in [0.1, 0.15) is 38.2 Å². The van der Waals surface area contributed by atoms with Gasteiger partial charge < -0.3 is 15.7 Å². The molecule has 3 N–H and O–H groups in total. The molecule has 0 atom stereocenters. The second-order valence-electron chi connectivity index (χ2n) is 6.47. The van der Waals surface area contributed by atoms with Crippen LogP contribution in [0.2, 0.25) is 5.15 Å². The summed E-state index contributed by atoms with van der Waals surface area (Å²) in [5, 5.41) is 17.5. The number of amides is 1. The van der Waals surface area contributed by atoms with Gasteiger partial charge in [-0.05, 0) is 38.8 Å². The number of carbonyl (C=O) groups excluding carboxylic acids is 1. The normalized spacial score (nSPS) is 14.7. The number of alkyl halides is 3. The van der Waals surface area contributed by atoms with Crippen LogP contribution in [0.25, 0.3) is 0 Å². The van der Waals surface area contributed by atoms with E-state index in [2.05, 4.69) is 20.6 Å². The Morgan fingerprint density at radius 3 is 2.47 bits per heavy atom. The van der Waals surface area contributed by atoms with Crippen molar-refractivity contribution in [3.8, 4) is 0 Å². The molecule has 30 heavy (non-hydrogen) atoms. The Morgan fingerprint density at radius 1 is 1.30 bits per heavy atom. The highest BCUT2D eigenvalue weighted by atomic mass is 35.5. The maximum atomic E-state index is 12.3. The summed E-state index contributed by atoms with van der Waals surface area (Å²) in [6, 6.07) is 0. The van der Waals surface area contributed by atoms with E-state index in [0.29, 0.717) is 22.5 Å². The molecule has 7 nitrogen and oxygen atoms in total. The number of aliphatic carboxylic acids is 1. The van der Waals surface area contributed by atoms with Crippen LogP contribution in [-0.4, -0.2) is 46.2 Å². The smallest absolute Gasteiger partial charge is 0.475 e. The van der Waals surface area contributed by atoms with Gasteiger partial charge in [-0.1, -0.05) is 11.6 Å². The fraction of sp³-hybridized carbons (Fsp3) is 0.529. The van der Waals surface area contributed by atoms with Crippen LogP contribution in [0.3, 0.4) is 0 Å². The first-order valence-electron chi connectivity index (χ1n) is 8.91. The first-order valence-corrected chi connectivity index (χ1v) is 11.0. The highest BCUT2D eigenvalue weighted by Gasteiger charge is 2.38. The van der Waals surface area contributed by atoms with Crippen molar-refractivity contribution in [2.45, 2.75) is 38.9 Å². The largest absolute Gasteiger partial charge is 0.490 e. The molecule has 1 aliphatic heterocycles. The molecular weight excluding hydrogens is 465 g/mol. The molecule has 0 unspecified atom stereocenters. The lowest BCUT2D eigenvalue weighted by Gasteiger charge is -2.21. The van der Waals surface area contributed by atoms with Crippen LogP contribution in [0.15, 0.2) is 5.38 Å². The number of nitrogens with one attached hydrogen (secondary N) is 2. The van der Waals surface area contributed by atoms with E-state index < -0.39 is 12.1 Å². The average molecular weight is 485 g/mol. The molecule has 3 heterocycles. The van der Waals surface area contributed by atoms with Gasteiger partial charge in [-0.15, -0.1) is 22.7 Å². The molecule has 2 aromatic rings. The summed E-state index contributed by atoms with van der Waals surface area (Å²) >= 11 is 8.75. The molecule has 0 radical (unpaired) electrons. The Hall–Kier alpha value is -1.76. The third-order valence-electron chi connectivity index (χ3n) is 4.14. The maximum absolute atomic E-state index is 12.3. The van der Waals surface area contributed by atoms with Crippen LogP contribution in [0, 0.1) is 12.8 Å². The van der Waals surface area contributed by atoms with E-state index in [1.165, 1.54) is 35.5 Å². The lowest BCUT2D eigenvalue weighted by Crippen LogP contribution is -2.28. The number of rotatable bonds is 5. The van der Waals surface area contributed by atoms with Gasteiger partial charge in [0.25, 0.3) is 5.91 Å². The van der Waals surface area contributed by atoms with Crippen molar-refractivity contribution in [3.05, 3.63) is 31.1 Å². The minimum absolute atomic E-state index is 0.0807.